The molecule has 19 heavy (non-hydrogen) atoms. The lowest BCUT2D eigenvalue weighted by molar-refractivity contribution is 0.566. The Morgan fingerprint density at radius 2 is 2.00 bits per heavy atom. The van der Waals surface area contributed by atoms with Gasteiger partial charge in [0.15, 0.2) is 0 Å². The standard InChI is InChI=1S/C16H23N3/c1-5-19-14(4)16(11-18-19)13(3)17-10-15-9-7-6-8-12(15)2/h6-9,11,13,17H,5,10H2,1-4H3. The summed E-state index contributed by atoms with van der Waals surface area (Å²) in [6, 6.07) is 8.83. The second-order valence-electron chi connectivity index (χ2n) is 5.03. The van der Waals surface area contributed by atoms with E-state index in [1.807, 2.05) is 10.9 Å². The molecule has 1 heterocycles. The molecular formula is C16H23N3. The minimum Gasteiger partial charge on any atom is -0.306 e. The van der Waals surface area contributed by atoms with E-state index in [-0.39, 0.29) is 0 Å². The first-order chi connectivity index (χ1) is 9.13. The average molecular weight is 257 g/mol. The first kappa shape index (κ1) is 13.8. The topological polar surface area (TPSA) is 29.9 Å². The zero-order chi connectivity index (χ0) is 13.8. The number of nitrogens with one attached hydrogen (secondary N) is 1. The highest BCUT2D eigenvalue weighted by Gasteiger charge is 2.12. The highest BCUT2D eigenvalue weighted by Crippen LogP contribution is 2.17. The summed E-state index contributed by atoms with van der Waals surface area (Å²) >= 11 is 0. The molecule has 1 atom stereocenters. The van der Waals surface area contributed by atoms with E-state index in [0.717, 1.165) is 13.1 Å². The molecule has 102 valence electrons. The molecule has 0 spiro atoms. The van der Waals surface area contributed by atoms with Crippen molar-refractivity contribution in [1.82, 2.24) is 15.1 Å². The summed E-state index contributed by atoms with van der Waals surface area (Å²) < 4.78 is 2.04. The molecule has 0 radical (unpaired) electrons. The average Bonchev–Trinajstić information content (AvgIpc) is 2.78. The Morgan fingerprint density at radius 1 is 1.26 bits per heavy atom. The van der Waals surface area contributed by atoms with E-state index < -0.39 is 0 Å². The maximum absolute atomic E-state index is 4.40. The van der Waals surface area contributed by atoms with Crippen LogP contribution in [0.5, 0.6) is 0 Å². The van der Waals surface area contributed by atoms with Gasteiger partial charge in [-0.2, -0.15) is 5.10 Å². The van der Waals surface area contributed by atoms with Crippen molar-refractivity contribution in [3.05, 3.63) is 52.8 Å². The van der Waals surface area contributed by atoms with Crippen LogP contribution < -0.4 is 5.32 Å². The van der Waals surface area contributed by atoms with E-state index >= 15 is 0 Å². The van der Waals surface area contributed by atoms with E-state index in [9.17, 15) is 0 Å². The minimum absolute atomic E-state index is 0.319. The lowest BCUT2D eigenvalue weighted by atomic mass is 10.1. The summed E-state index contributed by atoms with van der Waals surface area (Å²) in [4.78, 5) is 0. The molecule has 0 saturated carbocycles. The fourth-order valence-electron chi connectivity index (χ4n) is 2.39. The molecule has 1 unspecified atom stereocenters. The van der Waals surface area contributed by atoms with Gasteiger partial charge in [0.25, 0.3) is 0 Å². The maximum Gasteiger partial charge on any atom is 0.0540 e. The number of aryl methyl sites for hydroxylation is 2. The molecule has 0 aliphatic carbocycles. The third-order valence-corrected chi connectivity index (χ3v) is 3.77. The second-order valence-corrected chi connectivity index (χ2v) is 5.03. The van der Waals surface area contributed by atoms with Crippen LogP contribution in [0.1, 0.15) is 42.3 Å². The summed E-state index contributed by atoms with van der Waals surface area (Å²) in [6.45, 7) is 10.4. The van der Waals surface area contributed by atoms with Gasteiger partial charge in [-0.05, 0) is 38.8 Å². The van der Waals surface area contributed by atoms with E-state index in [2.05, 4.69) is 62.4 Å². The van der Waals surface area contributed by atoms with Gasteiger partial charge >= 0.3 is 0 Å². The molecule has 0 aliphatic heterocycles. The van der Waals surface area contributed by atoms with Crippen LogP contribution in [-0.2, 0) is 13.1 Å². The molecule has 0 amide bonds. The number of nitrogens with zero attached hydrogens (tertiary/aromatic N) is 2. The summed E-state index contributed by atoms with van der Waals surface area (Å²) in [5.41, 5.74) is 5.24. The van der Waals surface area contributed by atoms with Gasteiger partial charge in [0.1, 0.15) is 0 Å². The highest BCUT2D eigenvalue weighted by atomic mass is 15.3. The first-order valence-corrected chi connectivity index (χ1v) is 6.93. The Labute approximate surface area is 115 Å². The molecular weight excluding hydrogens is 234 g/mol. The van der Waals surface area contributed by atoms with Gasteiger partial charge in [0.2, 0.25) is 0 Å². The van der Waals surface area contributed by atoms with Crippen LogP contribution in [0.3, 0.4) is 0 Å². The zero-order valence-electron chi connectivity index (χ0n) is 12.3. The molecule has 1 aromatic carbocycles. The zero-order valence-corrected chi connectivity index (χ0v) is 12.3. The monoisotopic (exact) mass is 257 g/mol. The number of hydrogen-bond donors (Lipinski definition) is 1. The molecule has 3 heteroatoms. The van der Waals surface area contributed by atoms with Crippen LogP contribution in [-0.4, -0.2) is 9.78 Å². The largest absolute Gasteiger partial charge is 0.306 e. The van der Waals surface area contributed by atoms with Crippen LogP contribution in [0.4, 0.5) is 0 Å². The van der Waals surface area contributed by atoms with Crippen molar-refractivity contribution in [2.24, 2.45) is 0 Å². The highest BCUT2D eigenvalue weighted by molar-refractivity contribution is 5.26. The van der Waals surface area contributed by atoms with Crippen molar-refractivity contribution >= 4 is 0 Å². The normalized spacial score (nSPS) is 12.6. The first-order valence-electron chi connectivity index (χ1n) is 6.93. The van der Waals surface area contributed by atoms with Crippen LogP contribution in [0.15, 0.2) is 30.5 Å². The predicted octanol–water partition coefficient (Wildman–Crippen LogP) is 3.37. The summed E-state index contributed by atoms with van der Waals surface area (Å²) in [7, 11) is 0. The third kappa shape index (κ3) is 3.04. The SMILES string of the molecule is CCn1ncc(C(C)NCc2ccccc2C)c1C. The molecule has 3 nitrogen and oxygen atoms in total. The van der Waals surface area contributed by atoms with Crippen LogP contribution in [0.2, 0.25) is 0 Å². The summed E-state index contributed by atoms with van der Waals surface area (Å²) in [5.74, 6) is 0. The van der Waals surface area contributed by atoms with Crippen LogP contribution in [0, 0.1) is 13.8 Å². The van der Waals surface area contributed by atoms with Crippen molar-refractivity contribution in [3.8, 4) is 0 Å². The molecule has 1 aromatic heterocycles. The smallest absolute Gasteiger partial charge is 0.0540 e. The van der Waals surface area contributed by atoms with Crippen molar-refractivity contribution in [2.75, 3.05) is 0 Å². The van der Waals surface area contributed by atoms with Crippen molar-refractivity contribution in [1.29, 1.82) is 0 Å². The lowest BCUT2D eigenvalue weighted by Crippen LogP contribution is -2.19. The van der Waals surface area contributed by atoms with Crippen molar-refractivity contribution < 1.29 is 0 Å². The molecule has 0 fully saturated rings. The minimum atomic E-state index is 0.319. The Balaban J connectivity index is 2.03. The van der Waals surface area contributed by atoms with Crippen molar-refractivity contribution in [2.45, 2.75) is 46.8 Å². The van der Waals surface area contributed by atoms with Gasteiger partial charge < -0.3 is 5.32 Å². The molecule has 0 saturated heterocycles. The number of rotatable bonds is 5. The van der Waals surface area contributed by atoms with Gasteiger partial charge in [-0.3, -0.25) is 4.68 Å². The molecule has 2 rings (SSSR count). The fraction of sp³-hybridized carbons (Fsp3) is 0.438. The predicted molar refractivity (Wildman–Crippen MR) is 79.1 cm³/mol. The van der Waals surface area contributed by atoms with Gasteiger partial charge in [-0.15, -0.1) is 0 Å². The van der Waals surface area contributed by atoms with Gasteiger partial charge in [0, 0.05) is 30.4 Å². The quantitative estimate of drug-likeness (QED) is 0.890. The Kier molecular flexibility index (Phi) is 4.38. The molecule has 2 aromatic rings. The summed E-state index contributed by atoms with van der Waals surface area (Å²) in [5, 5.41) is 7.99. The Bertz CT molecular complexity index is 543. The van der Waals surface area contributed by atoms with E-state index in [4.69, 9.17) is 0 Å². The Hall–Kier alpha value is -1.61. The second kappa shape index (κ2) is 6.02. The molecule has 0 aliphatic rings. The molecule has 0 bridgehead atoms. The Morgan fingerprint density at radius 3 is 2.63 bits per heavy atom. The number of aromatic nitrogens is 2. The van der Waals surface area contributed by atoms with Gasteiger partial charge in [-0.25, -0.2) is 0 Å². The molecule has 1 N–H and O–H groups in total. The van der Waals surface area contributed by atoms with Gasteiger partial charge in [-0.1, -0.05) is 24.3 Å². The van der Waals surface area contributed by atoms with Crippen LogP contribution in [0.25, 0.3) is 0 Å². The maximum atomic E-state index is 4.40. The fourth-order valence-corrected chi connectivity index (χ4v) is 2.39. The van der Waals surface area contributed by atoms with Crippen molar-refractivity contribution in [3.63, 3.8) is 0 Å². The van der Waals surface area contributed by atoms with E-state index in [1.54, 1.807) is 0 Å². The van der Waals surface area contributed by atoms with E-state index in [0.29, 0.717) is 6.04 Å². The number of benzene rings is 1. The van der Waals surface area contributed by atoms with Gasteiger partial charge in [0.05, 0.1) is 6.20 Å². The third-order valence-electron chi connectivity index (χ3n) is 3.77. The summed E-state index contributed by atoms with van der Waals surface area (Å²) in [6.07, 6.45) is 1.98. The van der Waals surface area contributed by atoms with E-state index in [1.165, 1.54) is 22.4 Å². The lowest BCUT2D eigenvalue weighted by Gasteiger charge is -2.15. The van der Waals surface area contributed by atoms with Crippen LogP contribution >= 0.6 is 0 Å². The number of hydrogen-bond acceptors (Lipinski definition) is 2.